The topological polar surface area (TPSA) is 89.9 Å². The Bertz CT molecular complexity index is 1470. The summed E-state index contributed by atoms with van der Waals surface area (Å²) in [6.07, 6.45) is 3.07. The molecule has 3 aromatic rings. The molecule has 0 aromatic heterocycles. The van der Waals surface area contributed by atoms with E-state index in [1.807, 2.05) is 54.6 Å². The normalized spacial score (nSPS) is 23.3. The van der Waals surface area contributed by atoms with Crippen LogP contribution in [0.5, 0.6) is 0 Å². The van der Waals surface area contributed by atoms with E-state index in [1.54, 1.807) is 9.80 Å². The Morgan fingerprint density at radius 3 is 1.90 bits per heavy atom. The number of nitrogens with one attached hydrogen (secondary N) is 1. The number of benzene rings is 3. The summed E-state index contributed by atoms with van der Waals surface area (Å²) in [7, 11) is 0. The van der Waals surface area contributed by atoms with Crippen molar-refractivity contribution < 1.29 is 36.4 Å². The molecule has 2 N–H and O–H groups in total. The summed E-state index contributed by atoms with van der Waals surface area (Å²) in [5.74, 6) is -0.106. The number of aliphatic hydroxyl groups excluding tert-OH is 1. The number of piperidine rings is 1. The van der Waals surface area contributed by atoms with E-state index in [-0.39, 0.29) is 49.5 Å². The van der Waals surface area contributed by atoms with Gasteiger partial charge in [-0.05, 0) is 56.2 Å². The van der Waals surface area contributed by atoms with Crippen LogP contribution in [0.4, 0.5) is 0 Å². The minimum atomic E-state index is -0.818. The molecular weight excluding hydrogens is 648 g/mol. The molecule has 0 unspecified atom stereocenters. The lowest BCUT2D eigenvalue weighted by atomic mass is 9.67. The number of aliphatic hydroxyl groups is 1. The quantitative estimate of drug-likeness (QED) is 0.236. The van der Waals surface area contributed by atoms with Gasteiger partial charge in [0.05, 0.1) is 37.7 Å². The van der Waals surface area contributed by atoms with Gasteiger partial charge in [-0.1, -0.05) is 91.0 Å². The van der Waals surface area contributed by atoms with Crippen LogP contribution in [0.2, 0.25) is 0 Å². The smallest absolute Gasteiger partial charge is 0.246 e. The van der Waals surface area contributed by atoms with Gasteiger partial charge in [-0.2, -0.15) is 0 Å². The van der Waals surface area contributed by atoms with Gasteiger partial charge in [-0.15, -0.1) is 0 Å². The molecule has 3 aromatic carbocycles. The van der Waals surface area contributed by atoms with Gasteiger partial charge in [-0.3, -0.25) is 14.4 Å². The van der Waals surface area contributed by atoms with Crippen LogP contribution in [0.1, 0.15) is 69.1 Å². The zero-order chi connectivity index (χ0) is 34.4. The number of amides is 3. The highest BCUT2D eigenvalue weighted by atomic mass is 35.5. The fraction of sp³-hybridized carbons (Fsp3) is 0.488. The molecule has 268 valence electrons. The van der Waals surface area contributed by atoms with Crippen molar-refractivity contribution in [3.8, 4) is 0 Å². The largest absolute Gasteiger partial charge is 1.00 e. The highest BCUT2D eigenvalue weighted by Gasteiger charge is 2.47. The van der Waals surface area contributed by atoms with Crippen molar-refractivity contribution in [3.05, 3.63) is 108 Å². The molecule has 4 atom stereocenters. The average molecular weight is 701 g/mol. The molecule has 9 heteroatoms. The summed E-state index contributed by atoms with van der Waals surface area (Å²) in [5.41, 5.74) is 2.12. The number of nitrogens with zero attached hydrogens (tertiary/aromatic N) is 3. The number of hydrogen-bond acceptors (Lipinski definition) is 4. The molecule has 50 heavy (non-hydrogen) atoms. The van der Waals surface area contributed by atoms with Crippen molar-refractivity contribution in [2.75, 3.05) is 45.8 Å². The number of likely N-dealkylation sites (tertiary alicyclic amines) is 3. The number of halogens is 1. The molecule has 3 amide bonds. The number of hydrogen-bond donors (Lipinski definition) is 2. The maximum absolute atomic E-state index is 14.6. The summed E-state index contributed by atoms with van der Waals surface area (Å²) in [4.78, 5) is 45.8. The summed E-state index contributed by atoms with van der Waals surface area (Å²) >= 11 is 0. The van der Waals surface area contributed by atoms with Crippen LogP contribution >= 0.6 is 0 Å². The van der Waals surface area contributed by atoms with Crippen molar-refractivity contribution in [3.63, 3.8) is 0 Å². The Morgan fingerprint density at radius 1 is 0.800 bits per heavy atom. The van der Waals surface area contributed by atoms with E-state index in [1.165, 1.54) is 13.0 Å². The van der Waals surface area contributed by atoms with Crippen molar-refractivity contribution >= 4 is 17.7 Å². The van der Waals surface area contributed by atoms with E-state index in [9.17, 15) is 19.5 Å². The summed E-state index contributed by atoms with van der Waals surface area (Å²) < 4.78 is 1.10. The van der Waals surface area contributed by atoms with E-state index in [0.717, 1.165) is 53.6 Å². The van der Waals surface area contributed by atoms with Gasteiger partial charge in [0.15, 0.2) is 0 Å². The number of β-amino-alcohol motifs (C(OH)–C–C–N with tert-alkyl or cyclic N) is 1. The molecule has 0 saturated carbocycles. The lowest BCUT2D eigenvalue weighted by Gasteiger charge is -2.43. The Hall–Kier alpha value is -3.72. The molecule has 0 spiro atoms. The Labute approximate surface area is 303 Å². The van der Waals surface area contributed by atoms with Crippen LogP contribution in [0, 0.1) is 5.92 Å². The van der Waals surface area contributed by atoms with Gasteiger partial charge >= 0.3 is 0 Å². The van der Waals surface area contributed by atoms with Crippen molar-refractivity contribution in [2.45, 2.75) is 76.0 Å². The van der Waals surface area contributed by atoms with Crippen LogP contribution in [-0.2, 0) is 19.8 Å². The van der Waals surface area contributed by atoms with Crippen LogP contribution in [0.25, 0.3) is 0 Å². The first kappa shape index (κ1) is 37.5. The van der Waals surface area contributed by atoms with Crippen LogP contribution in [0.3, 0.4) is 0 Å². The SMILES string of the molecule is CC[N+]1(CC)CCC[C@@H](CNC(=O)[C@H]2CCCN2C(=O)[C@@H]2C[C@@H](O)CN2C(=O)CC(c2ccccc2)(c2ccccc2)c2ccccc2)C1.[Cl-]. The fourth-order valence-corrected chi connectivity index (χ4v) is 8.89. The van der Waals surface area contributed by atoms with Crippen molar-refractivity contribution in [1.82, 2.24) is 15.1 Å². The zero-order valence-corrected chi connectivity index (χ0v) is 30.3. The van der Waals surface area contributed by atoms with Gasteiger partial charge in [-0.25, -0.2) is 0 Å². The van der Waals surface area contributed by atoms with E-state index in [0.29, 0.717) is 25.4 Å². The second-order valence-electron chi connectivity index (χ2n) is 14.5. The molecule has 3 fully saturated rings. The maximum Gasteiger partial charge on any atom is 0.246 e. The van der Waals surface area contributed by atoms with Crippen LogP contribution < -0.4 is 17.7 Å². The molecule has 3 heterocycles. The first-order chi connectivity index (χ1) is 23.8. The Morgan fingerprint density at radius 2 is 1.36 bits per heavy atom. The molecule has 8 nitrogen and oxygen atoms in total. The second-order valence-corrected chi connectivity index (χ2v) is 14.5. The predicted molar refractivity (Wildman–Crippen MR) is 191 cm³/mol. The summed E-state index contributed by atoms with van der Waals surface area (Å²) in [6, 6.07) is 28.8. The Kier molecular flexibility index (Phi) is 12.4. The standard InChI is InChI=1S/C41H52N4O4.ClH/c1-3-45(4-2)25-15-16-31(30-45)28-42-39(48)36-23-14-24-43(36)40(49)37-26-35(46)29-44(37)38(47)27-41(32-17-8-5-9-18-32,33-19-10-6-11-20-33)34-21-12-7-13-22-34;/h5-13,17-22,31,35-37,46H,3-4,14-16,23-30H2,1-2H3;1H/t31-,35+,36+,37-;/m0./s1. The molecule has 0 aliphatic carbocycles. The molecule has 6 rings (SSSR count). The number of carbonyl (C=O) groups is 3. The van der Waals surface area contributed by atoms with Crippen LogP contribution in [-0.4, -0.2) is 101 Å². The summed E-state index contributed by atoms with van der Waals surface area (Å²) in [5, 5.41) is 14.1. The monoisotopic (exact) mass is 700 g/mol. The molecule has 3 aliphatic heterocycles. The minimum absolute atomic E-state index is 0. The Balaban J connectivity index is 0.00000486. The van der Waals surface area contributed by atoms with Crippen molar-refractivity contribution in [1.29, 1.82) is 0 Å². The zero-order valence-electron chi connectivity index (χ0n) is 29.6. The third-order valence-corrected chi connectivity index (χ3v) is 11.7. The number of quaternary nitrogens is 1. The molecule has 0 radical (unpaired) electrons. The number of rotatable bonds is 11. The first-order valence-electron chi connectivity index (χ1n) is 18.4. The van der Waals surface area contributed by atoms with E-state index < -0.39 is 23.6 Å². The average Bonchev–Trinajstić information content (AvgIpc) is 3.81. The van der Waals surface area contributed by atoms with Crippen LogP contribution in [0.15, 0.2) is 91.0 Å². The molecule has 0 bridgehead atoms. The van der Waals surface area contributed by atoms with Gasteiger partial charge < -0.3 is 37.1 Å². The fourth-order valence-electron chi connectivity index (χ4n) is 8.89. The van der Waals surface area contributed by atoms with Gasteiger partial charge in [0.25, 0.3) is 0 Å². The third-order valence-electron chi connectivity index (χ3n) is 11.7. The third kappa shape index (κ3) is 7.63. The summed E-state index contributed by atoms with van der Waals surface area (Å²) in [6.45, 7) is 10.2. The minimum Gasteiger partial charge on any atom is -1.00 e. The number of carbonyl (C=O) groups excluding carboxylic acids is 3. The molecular formula is C41H53ClN4O4. The van der Waals surface area contributed by atoms with E-state index in [2.05, 4.69) is 55.6 Å². The highest BCUT2D eigenvalue weighted by Crippen LogP contribution is 2.43. The van der Waals surface area contributed by atoms with E-state index >= 15 is 0 Å². The maximum atomic E-state index is 14.6. The second kappa shape index (κ2) is 16.5. The van der Waals surface area contributed by atoms with Gasteiger partial charge in [0, 0.05) is 38.4 Å². The van der Waals surface area contributed by atoms with Gasteiger partial charge in [0.2, 0.25) is 17.7 Å². The molecule has 3 aliphatic rings. The van der Waals surface area contributed by atoms with Crippen molar-refractivity contribution in [2.24, 2.45) is 5.92 Å². The highest BCUT2D eigenvalue weighted by molar-refractivity contribution is 5.93. The van der Waals surface area contributed by atoms with E-state index in [4.69, 9.17) is 0 Å². The predicted octanol–water partition coefficient (Wildman–Crippen LogP) is 1.75. The molecule has 3 saturated heterocycles. The first-order valence-corrected chi connectivity index (χ1v) is 18.4. The lowest BCUT2D eigenvalue weighted by molar-refractivity contribution is -0.932. The van der Waals surface area contributed by atoms with Gasteiger partial charge in [0.1, 0.15) is 12.1 Å². The lowest BCUT2D eigenvalue weighted by Crippen LogP contribution is -3.00.